The molecule has 0 saturated heterocycles. The van der Waals surface area contributed by atoms with Crippen molar-refractivity contribution >= 4 is 40.2 Å². The zero-order chi connectivity index (χ0) is 21.2. The molecule has 5 rings (SSSR count). The minimum absolute atomic E-state index is 0.0627. The SMILES string of the molecule is O=C(CSc1nnnn1C1CC1)NCC(c1ccccc1Cl)c1c[nH]c2ccccc12. The Labute approximate surface area is 188 Å². The number of nitrogens with zero attached hydrogens (tertiary/aromatic N) is 4. The van der Waals surface area contributed by atoms with Gasteiger partial charge in [0, 0.05) is 34.6 Å². The molecule has 2 aromatic carbocycles. The Hall–Kier alpha value is -2.84. The van der Waals surface area contributed by atoms with Gasteiger partial charge in [-0.05, 0) is 46.5 Å². The molecule has 4 aromatic rings. The monoisotopic (exact) mass is 452 g/mol. The van der Waals surface area contributed by atoms with E-state index < -0.39 is 0 Å². The summed E-state index contributed by atoms with van der Waals surface area (Å²) >= 11 is 7.90. The molecule has 2 N–H and O–H groups in total. The van der Waals surface area contributed by atoms with Crippen molar-refractivity contribution < 1.29 is 4.79 Å². The van der Waals surface area contributed by atoms with Crippen LogP contribution in [0.4, 0.5) is 0 Å². The molecular formula is C22H21ClN6OS. The molecule has 0 spiro atoms. The van der Waals surface area contributed by atoms with Gasteiger partial charge < -0.3 is 10.3 Å². The highest BCUT2D eigenvalue weighted by atomic mass is 35.5. The number of para-hydroxylation sites is 1. The summed E-state index contributed by atoms with van der Waals surface area (Å²) in [6.07, 6.45) is 4.19. The summed E-state index contributed by atoms with van der Waals surface area (Å²) in [7, 11) is 0. The van der Waals surface area contributed by atoms with E-state index in [0.717, 1.165) is 34.9 Å². The van der Waals surface area contributed by atoms with E-state index >= 15 is 0 Å². The lowest BCUT2D eigenvalue weighted by Crippen LogP contribution is -2.30. The average molecular weight is 453 g/mol. The Balaban J connectivity index is 1.32. The highest BCUT2D eigenvalue weighted by molar-refractivity contribution is 7.99. The maximum atomic E-state index is 12.6. The first-order valence-corrected chi connectivity index (χ1v) is 11.5. The highest BCUT2D eigenvalue weighted by Crippen LogP contribution is 2.36. The number of carbonyl (C=O) groups excluding carboxylic acids is 1. The van der Waals surface area contributed by atoms with Gasteiger partial charge >= 0.3 is 0 Å². The molecule has 1 atom stereocenters. The zero-order valence-corrected chi connectivity index (χ0v) is 18.2. The van der Waals surface area contributed by atoms with Crippen molar-refractivity contribution in [2.24, 2.45) is 0 Å². The number of fused-ring (bicyclic) bond motifs is 1. The van der Waals surface area contributed by atoms with E-state index in [-0.39, 0.29) is 17.6 Å². The van der Waals surface area contributed by atoms with Crippen LogP contribution in [0.5, 0.6) is 0 Å². The standard InChI is InChI=1S/C22H21ClN6OS/c23-19-7-3-1-5-15(19)17(18-11-24-20-8-4-2-6-16(18)20)12-25-21(30)13-31-22-26-27-28-29(22)14-9-10-14/h1-8,11,14,17,24H,9-10,12-13H2,(H,25,30). The van der Waals surface area contributed by atoms with Crippen LogP contribution in [0.1, 0.15) is 35.9 Å². The number of aromatic nitrogens is 5. The van der Waals surface area contributed by atoms with Crippen LogP contribution in [0.3, 0.4) is 0 Å². The second-order valence-electron chi connectivity index (χ2n) is 7.59. The van der Waals surface area contributed by atoms with Crippen molar-refractivity contribution in [2.75, 3.05) is 12.3 Å². The van der Waals surface area contributed by atoms with Crippen molar-refractivity contribution in [2.45, 2.75) is 30.0 Å². The fraction of sp³-hybridized carbons (Fsp3) is 0.273. The van der Waals surface area contributed by atoms with Crippen LogP contribution in [-0.4, -0.2) is 43.4 Å². The number of amides is 1. The molecule has 1 aliphatic rings. The van der Waals surface area contributed by atoms with E-state index in [1.807, 2.05) is 53.3 Å². The van der Waals surface area contributed by atoms with E-state index in [4.69, 9.17) is 11.6 Å². The summed E-state index contributed by atoms with van der Waals surface area (Å²) in [5.41, 5.74) is 3.15. The van der Waals surface area contributed by atoms with Gasteiger partial charge in [0.1, 0.15) is 0 Å². The number of H-pyrrole nitrogens is 1. The third kappa shape index (κ3) is 4.31. The third-order valence-corrected chi connectivity index (χ3v) is 6.75. The number of hydrogen-bond donors (Lipinski definition) is 2. The molecule has 0 bridgehead atoms. The van der Waals surface area contributed by atoms with Crippen molar-refractivity contribution in [3.05, 3.63) is 70.9 Å². The van der Waals surface area contributed by atoms with Gasteiger partial charge in [0.15, 0.2) is 0 Å². The number of rotatable bonds is 8. The number of tetrazole rings is 1. The van der Waals surface area contributed by atoms with Gasteiger partial charge in [0.05, 0.1) is 11.8 Å². The first-order chi connectivity index (χ1) is 15.2. The van der Waals surface area contributed by atoms with Crippen LogP contribution >= 0.6 is 23.4 Å². The Morgan fingerprint density at radius 1 is 1.19 bits per heavy atom. The molecule has 2 aromatic heterocycles. The first-order valence-electron chi connectivity index (χ1n) is 10.2. The summed E-state index contributed by atoms with van der Waals surface area (Å²) in [5, 5.41) is 17.4. The van der Waals surface area contributed by atoms with Crippen LogP contribution < -0.4 is 5.32 Å². The van der Waals surface area contributed by atoms with Gasteiger partial charge in [-0.3, -0.25) is 4.79 Å². The van der Waals surface area contributed by atoms with Gasteiger partial charge in [0.2, 0.25) is 11.1 Å². The highest BCUT2D eigenvalue weighted by Gasteiger charge is 2.28. The molecule has 1 unspecified atom stereocenters. The largest absolute Gasteiger partial charge is 0.361 e. The Kier molecular flexibility index (Phi) is 5.65. The summed E-state index contributed by atoms with van der Waals surface area (Å²) in [6.45, 7) is 0.443. The average Bonchev–Trinajstić information content (AvgIpc) is 3.37. The van der Waals surface area contributed by atoms with Crippen LogP contribution in [0.25, 0.3) is 10.9 Å². The predicted molar refractivity (Wildman–Crippen MR) is 121 cm³/mol. The molecule has 31 heavy (non-hydrogen) atoms. The van der Waals surface area contributed by atoms with Crippen LogP contribution in [0.2, 0.25) is 5.02 Å². The molecule has 1 amide bonds. The Morgan fingerprint density at radius 3 is 2.84 bits per heavy atom. The summed E-state index contributed by atoms with van der Waals surface area (Å²) in [6, 6.07) is 16.3. The lowest BCUT2D eigenvalue weighted by Gasteiger charge is -2.19. The fourth-order valence-electron chi connectivity index (χ4n) is 3.75. The molecule has 2 heterocycles. The molecule has 1 fully saturated rings. The van der Waals surface area contributed by atoms with Gasteiger partial charge in [-0.15, -0.1) is 5.10 Å². The molecule has 1 saturated carbocycles. The molecule has 0 aliphatic heterocycles. The molecule has 0 radical (unpaired) electrons. The minimum atomic E-state index is -0.0735. The van der Waals surface area contributed by atoms with Crippen molar-refractivity contribution in [3.8, 4) is 0 Å². The van der Waals surface area contributed by atoms with Gasteiger partial charge in [0.25, 0.3) is 0 Å². The predicted octanol–water partition coefficient (Wildman–Crippen LogP) is 4.18. The molecule has 9 heteroatoms. The number of carbonyl (C=O) groups is 1. The van der Waals surface area contributed by atoms with E-state index in [9.17, 15) is 4.79 Å². The fourth-order valence-corrected chi connectivity index (χ4v) is 4.79. The minimum Gasteiger partial charge on any atom is -0.361 e. The van der Waals surface area contributed by atoms with Crippen molar-refractivity contribution in [1.82, 2.24) is 30.5 Å². The molecule has 1 aliphatic carbocycles. The summed E-state index contributed by atoms with van der Waals surface area (Å²) in [4.78, 5) is 16.0. The van der Waals surface area contributed by atoms with Crippen molar-refractivity contribution in [3.63, 3.8) is 0 Å². The van der Waals surface area contributed by atoms with E-state index in [1.165, 1.54) is 11.8 Å². The van der Waals surface area contributed by atoms with E-state index in [1.54, 1.807) is 0 Å². The Morgan fingerprint density at radius 2 is 2.00 bits per heavy atom. The zero-order valence-electron chi connectivity index (χ0n) is 16.7. The molecule has 7 nitrogen and oxygen atoms in total. The summed E-state index contributed by atoms with van der Waals surface area (Å²) in [5.74, 6) is 0.124. The topological polar surface area (TPSA) is 88.5 Å². The molecular weight excluding hydrogens is 432 g/mol. The summed E-state index contributed by atoms with van der Waals surface area (Å²) < 4.78 is 1.82. The lowest BCUT2D eigenvalue weighted by atomic mass is 9.91. The first kappa shape index (κ1) is 20.1. The smallest absolute Gasteiger partial charge is 0.230 e. The van der Waals surface area contributed by atoms with Gasteiger partial charge in [-0.2, -0.15) is 0 Å². The van der Waals surface area contributed by atoms with Gasteiger partial charge in [-0.25, -0.2) is 4.68 Å². The van der Waals surface area contributed by atoms with Crippen LogP contribution in [0, 0.1) is 0 Å². The maximum Gasteiger partial charge on any atom is 0.230 e. The quantitative estimate of drug-likeness (QED) is 0.391. The van der Waals surface area contributed by atoms with E-state index in [2.05, 4.69) is 31.9 Å². The Bertz CT molecular complexity index is 1220. The number of aromatic amines is 1. The van der Waals surface area contributed by atoms with Crippen LogP contribution in [0.15, 0.2) is 59.9 Å². The van der Waals surface area contributed by atoms with Gasteiger partial charge in [-0.1, -0.05) is 59.8 Å². The molecule has 158 valence electrons. The number of benzene rings is 2. The van der Waals surface area contributed by atoms with Crippen molar-refractivity contribution in [1.29, 1.82) is 0 Å². The third-order valence-electron chi connectivity index (χ3n) is 5.47. The van der Waals surface area contributed by atoms with E-state index in [0.29, 0.717) is 22.8 Å². The number of hydrogen-bond acceptors (Lipinski definition) is 5. The second-order valence-corrected chi connectivity index (χ2v) is 8.94. The lowest BCUT2D eigenvalue weighted by molar-refractivity contribution is -0.118. The normalized spacial score (nSPS) is 14.6. The van der Waals surface area contributed by atoms with Crippen LogP contribution in [-0.2, 0) is 4.79 Å². The second kappa shape index (κ2) is 8.72. The number of halogens is 1. The number of nitrogens with one attached hydrogen (secondary N) is 2. The maximum absolute atomic E-state index is 12.6. The number of thioether (sulfide) groups is 1.